The highest BCUT2D eigenvalue weighted by molar-refractivity contribution is 5.77. The van der Waals surface area contributed by atoms with Gasteiger partial charge in [-0.2, -0.15) is 0 Å². The molecule has 0 heterocycles. The average molecular weight is 665 g/mol. The molecule has 0 aliphatic heterocycles. The fourth-order valence-corrected chi connectivity index (χ4v) is 3.64. The summed E-state index contributed by atoms with van der Waals surface area (Å²) in [5, 5.41) is 35.0. The Morgan fingerprint density at radius 2 is 0.848 bits per heavy atom. The second-order valence-electron chi connectivity index (χ2n) is 12.1. The zero-order valence-electron chi connectivity index (χ0n) is 28.3. The van der Waals surface area contributed by atoms with Crippen LogP contribution < -0.4 is 0 Å². The van der Waals surface area contributed by atoms with E-state index in [1.165, 1.54) is 0 Å². The molecule has 4 N–H and O–H groups in total. The minimum atomic E-state index is -1.01. The largest absolute Gasteiger partial charge is 0.481 e. The number of aliphatic carboxylic acids is 2. The number of ether oxygens (including phenoxy) is 6. The van der Waals surface area contributed by atoms with Crippen molar-refractivity contribution in [2.45, 2.75) is 54.4 Å². The normalized spacial score (nSPS) is 12.7. The molecule has 0 saturated heterocycles. The lowest BCUT2D eigenvalue weighted by Crippen LogP contribution is -2.29. The van der Waals surface area contributed by atoms with Gasteiger partial charge in [0.2, 0.25) is 0 Å². The Balaban J connectivity index is 0. The molecule has 0 amide bonds. The Bertz CT molecular complexity index is 858. The molecule has 268 valence electrons. The highest BCUT2D eigenvalue weighted by Gasteiger charge is 2.33. The summed E-state index contributed by atoms with van der Waals surface area (Å²) in [7, 11) is 0. The molecular formula is C32H56O14. The lowest BCUT2D eigenvalue weighted by Gasteiger charge is -2.22. The van der Waals surface area contributed by atoms with Crippen LogP contribution in [0.25, 0.3) is 0 Å². The van der Waals surface area contributed by atoms with E-state index in [4.69, 9.17) is 48.8 Å². The molecule has 2 unspecified atom stereocenters. The van der Waals surface area contributed by atoms with Gasteiger partial charge < -0.3 is 48.8 Å². The van der Waals surface area contributed by atoms with Gasteiger partial charge in [0, 0.05) is 0 Å². The Morgan fingerprint density at radius 3 is 1.11 bits per heavy atom. The molecule has 0 rings (SSSR count). The van der Waals surface area contributed by atoms with Gasteiger partial charge in [-0.05, 0) is 51.7 Å². The fourth-order valence-electron chi connectivity index (χ4n) is 3.64. The summed E-state index contributed by atoms with van der Waals surface area (Å²) >= 11 is 0. The van der Waals surface area contributed by atoms with Gasteiger partial charge in [0.25, 0.3) is 0 Å². The third-order valence-electron chi connectivity index (χ3n) is 6.24. The third kappa shape index (κ3) is 23.5. The predicted molar refractivity (Wildman–Crippen MR) is 168 cm³/mol. The minimum absolute atomic E-state index is 0.0186. The van der Waals surface area contributed by atoms with Gasteiger partial charge in [-0.1, -0.05) is 27.0 Å². The number of rotatable bonds is 26. The number of esters is 2. The molecule has 0 fully saturated rings. The van der Waals surface area contributed by atoms with Gasteiger partial charge in [-0.3, -0.25) is 19.2 Å². The van der Waals surface area contributed by atoms with E-state index in [9.17, 15) is 19.2 Å². The Kier molecular flexibility index (Phi) is 24.8. The molecule has 0 spiro atoms. The SMILES string of the molecule is C=C(COCCO)COCCO.C=C(COCCOC(=O)C(C)CC(C)(C)C(=O)O)COCCOC(=O)C(C)CC(C)(C)C(=O)O. The number of carbonyl (C=O) groups excluding carboxylic acids is 2. The van der Waals surface area contributed by atoms with Crippen LogP contribution >= 0.6 is 0 Å². The Labute approximate surface area is 272 Å². The fraction of sp³-hybridized carbons (Fsp3) is 0.750. The number of carboxylic acid groups (broad SMARTS) is 2. The summed E-state index contributed by atoms with van der Waals surface area (Å²) in [6.45, 7) is 19.2. The smallest absolute Gasteiger partial charge is 0.309 e. The first-order chi connectivity index (χ1) is 21.4. The van der Waals surface area contributed by atoms with Crippen molar-refractivity contribution in [1.82, 2.24) is 0 Å². The van der Waals surface area contributed by atoms with Gasteiger partial charge in [0.05, 0.1) is 88.7 Å². The molecule has 0 bridgehead atoms. The van der Waals surface area contributed by atoms with Crippen molar-refractivity contribution in [2.24, 2.45) is 22.7 Å². The summed E-state index contributed by atoms with van der Waals surface area (Å²) in [6.07, 6.45) is 0.343. The highest BCUT2D eigenvalue weighted by Crippen LogP contribution is 2.27. The summed E-state index contributed by atoms with van der Waals surface area (Å²) in [5.41, 5.74) is -0.580. The monoisotopic (exact) mass is 664 g/mol. The number of aliphatic hydroxyl groups excluding tert-OH is 2. The van der Waals surface area contributed by atoms with E-state index >= 15 is 0 Å². The van der Waals surface area contributed by atoms with E-state index in [1.54, 1.807) is 41.5 Å². The number of carbonyl (C=O) groups is 4. The topological polar surface area (TPSA) is 205 Å². The molecule has 0 saturated carbocycles. The standard InChI is InChI=1S/C24H40O10.C8H16O4/c1-16(14-31-8-10-33-19(25)17(2)12-23(4,5)21(27)28)15-32-9-11-34-20(26)18(3)13-24(6,7)22(29)30;1-8(6-11-4-2-9)7-12-5-3-10/h17-18H,1,8-15H2,2-7H3,(H,27,28)(H,29,30);9-10H,1-7H2. The van der Waals surface area contributed by atoms with Crippen LogP contribution in [0.1, 0.15) is 54.4 Å². The molecular weight excluding hydrogens is 608 g/mol. The van der Waals surface area contributed by atoms with Crippen molar-refractivity contribution in [3.63, 3.8) is 0 Å². The Hall–Kier alpha value is -2.88. The maximum Gasteiger partial charge on any atom is 0.309 e. The van der Waals surface area contributed by atoms with E-state index in [1.807, 2.05) is 0 Å². The summed E-state index contributed by atoms with van der Waals surface area (Å²) in [4.78, 5) is 46.2. The molecule has 14 heteroatoms. The number of hydrogen-bond acceptors (Lipinski definition) is 12. The molecule has 0 aromatic rings. The van der Waals surface area contributed by atoms with Crippen molar-refractivity contribution in [2.75, 3.05) is 79.3 Å². The molecule has 0 aliphatic carbocycles. The Morgan fingerprint density at radius 1 is 0.565 bits per heavy atom. The average Bonchev–Trinajstić information content (AvgIpc) is 2.96. The van der Waals surface area contributed by atoms with Crippen LogP contribution in [0.4, 0.5) is 0 Å². The van der Waals surface area contributed by atoms with Gasteiger partial charge in [-0.15, -0.1) is 0 Å². The summed E-state index contributed by atoms with van der Waals surface area (Å²) in [6, 6.07) is 0. The molecule has 2 atom stereocenters. The minimum Gasteiger partial charge on any atom is -0.481 e. The maximum atomic E-state index is 12.0. The van der Waals surface area contributed by atoms with Gasteiger partial charge in [0.1, 0.15) is 13.2 Å². The summed E-state index contributed by atoms with van der Waals surface area (Å²) in [5.74, 6) is -3.98. The first kappa shape index (κ1) is 45.2. The zero-order chi connectivity index (χ0) is 35.8. The molecule has 0 aliphatic rings. The predicted octanol–water partition coefficient (Wildman–Crippen LogP) is 2.50. The van der Waals surface area contributed by atoms with Crippen LogP contribution in [0.2, 0.25) is 0 Å². The van der Waals surface area contributed by atoms with Gasteiger partial charge >= 0.3 is 23.9 Å². The van der Waals surface area contributed by atoms with Crippen molar-refractivity contribution >= 4 is 23.9 Å². The third-order valence-corrected chi connectivity index (χ3v) is 6.24. The van der Waals surface area contributed by atoms with Gasteiger partial charge in [-0.25, -0.2) is 0 Å². The second kappa shape index (κ2) is 25.2. The zero-order valence-corrected chi connectivity index (χ0v) is 28.3. The second-order valence-corrected chi connectivity index (χ2v) is 12.1. The first-order valence-electron chi connectivity index (χ1n) is 15.1. The molecule has 0 aromatic carbocycles. The lowest BCUT2D eigenvalue weighted by atomic mass is 9.83. The quantitative estimate of drug-likeness (QED) is 0.0596. The van der Waals surface area contributed by atoms with E-state index in [0.29, 0.717) is 32.0 Å². The van der Waals surface area contributed by atoms with Crippen LogP contribution in [0.3, 0.4) is 0 Å². The number of carboxylic acids is 2. The molecule has 0 radical (unpaired) electrons. The van der Waals surface area contributed by atoms with Crippen molar-refractivity contribution < 1.29 is 68.0 Å². The van der Waals surface area contributed by atoms with Crippen molar-refractivity contribution in [1.29, 1.82) is 0 Å². The summed E-state index contributed by atoms with van der Waals surface area (Å²) < 4.78 is 30.9. The number of aliphatic hydroxyl groups is 2. The van der Waals surface area contributed by atoms with E-state index in [0.717, 1.165) is 5.57 Å². The molecule has 46 heavy (non-hydrogen) atoms. The van der Waals surface area contributed by atoms with Crippen LogP contribution in [-0.2, 0) is 47.6 Å². The number of hydrogen-bond donors (Lipinski definition) is 4. The van der Waals surface area contributed by atoms with Crippen LogP contribution in [0, 0.1) is 22.7 Å². The van der Waals surface area contributed by atoms with Gasteiger partial charge in [0.15, 0.2) is 0 Å². The van der Waals surface area contributed by atoms with Crippen LogP contribution in [-0.4, -0.2) is 124 Å². The molecule has 14 nitrogen and oxygen atoms in total. The molecule has 0 aromatic heterocycles. The highest BCUT2D eigenvalue weighted by atomic mass is 16.6. The van der Waals surface area contributed by atoms with Crippen LogP contribution in [0.15, 0.2) is 24.3 Å². The lowest BCUT2D eigenvalue weighted by molar-refractivity contribution is -0.155. The maximum absolute atomic E-state index is 12.0. The van der Waals surface area contributed by atoms with Crippen molar-refractivity contribution in [3.05, 3.63) is 24.3 Å². The first-order valence-corrected chi connectivity index (χ1v) is 15.1. The van der Waals surface area contributed by atoms with E-state index in [2.05, 4.69) is 13.2 Å². The van der Waals surface area contributed by atoms with Crippen LogP contribution in [0.5, 0.6) is 0 Å². The van der Waals surface area contributed by atoms with Crippen molar-refractivity contribution in [3.8, 4) is 0 Å². The van der Waals surface area contributed by atoms with E-state index < -0.39 is 46.5 Å². The van der Waals surface area contributed by atoms with E-state index in [-0.39, 0.29) is 65.7 Å².